The molecule has 0 spiro atoms. The number of hydrogen-bond acceptors (Lipinski definition) is 3. The highest BCUT2D eigenvalue weighted by Crippen LogP contribution is 2.01. The van der Waals surface area contributed by atoms with Crippen molar-refractivity contribution in [1.29, 1.82) is 0 Å². The molecule has 14 heavy (non-hydrogen) atoms. The van der Waals surface area contributed by atoms with Crippen molar-refractivity contribution in [3.8, 4) is 0 Å². The van der Waals surface area contributed by atoms with Crippen LogP contribution in [0.25, 0.3) is 0 Å². The lowest BCUT2D eigenvalue weighted by atomic mass is 10.1. The molecule has 3 nitrogen and oxygen atoms in total. The molecule has 0 saturated heterocycles. The fourth-order valence-corrected chi connectivity index (χ4v) is 1.28. The SMILES string of the molecule is N[C@@H](COCCO)Cc1ccccc1. The molecule has 0 radical (unpaired) electrons. The molecular formula is C11H17NO2. The molecule has 78 valence electrons. The number of hydrogen-bond donors (Lipinski definition) is 2. The lowest BCUT2D eigenvalue weighted by molar-refractivity contribution is 0.0832. The Labute approximate surface area is 84.5 Å². The van der Waals surface area contributed by atoms with Gasteiger partial charge in [0.2, 0.25) is 0 Å². The Kier molecular flexibility index (Phi) is 5.22. The minimum Gasteiger partial charge on any atom is -0.394 e. The molecular weight excluding hydrogens is 178 g/mol. The van der Waals surface area contributed by atoms with Gasteiger partial charge in [0.1, 0.15) is 0 Å². The summed E-state index contributed by atoms with van der Waals surface area (Å²) in [5.74, 6) is 0. The molecule has 0 amide bonds. The highest BCUT2D eigenvalue weighted by molar-refractivity contribution is 5.15. The number of benzene rings is 1. The first-order valence-electron chi connectivity index (χ1n) is 4.81. The van der Waals surface area contributed by atoms with Gasteiger partial charge >= 0.3 is 0 Å². The van der Waals surface area contributed by atoms with E-state index in [4.69, 9.17) is 15.6 Å². The van der Waals surface area contributed by atoms with Crippen molar-refractivity contribution in [2.75, 3.05) is 19.8 Å². The van der Waals surface area contributed by atoms with Gasteiger partial charge in [-0.25, -0.2) is 0 Å². The first-order chi connectivity index (χ1) is 6.83. The molecule has 0 bridgehead atoms. The predicted molar refractivity (Wildman–Crippen MR) is 56.0 cm³/mol. The minimum absolute atomic E-state index is 0.00366. The molecule has 3 heteroatoms. The van der Waals surface area contributed by atoms with E-state index in [1.807, 2.05) is 30.3 Å². The fourth-order valence-electron chi connectivity index (χ4n) is 1.28. The smallest absolute Gasteiger partial charge is 0.0698 e. The third kappa shape index (κ3) is 4.37. The molecule has 0 aliphatic carbocycles. The van der Waals surface area contributed by atoms with Crippen molar-refractivity contribution in [3.63, 3.8) is 0 Å². The molecule has 1 aromatic rings. The fraction of sp³-hybridized carbons (Fsp3) is 0.455. The van der Waals surface area contributed by atoms with Crippen LogP contribution in [0.15, 0.2) is 30.3 Å². The Morgan fingerprint density at radius 1 is 1.29 bits per heavy atom. The largest absolute Gasteiger partial charge is 0.394 e. The summed E-state index contributed by atoms with van der Waals surface area (Å²) in [5, 5.41) is 8.50. The van der Waals surface area contributed by atoms with Gasteiger partial charge in [-0.1, -0.05) is 30.3 Å². The van der Waals surface area contributed by atoms with E-state index in [-0.39, 0.29) is 12.6 Å². The van der Waals surface area contributed by atoms with Crippen LogP contribution >= 0.6 is 0 Å². The summed E-state index contributed by atoms with van der Waals surface area (Å²) < 4.78 is 5.14. The second-order valence-electron chi connectivity index (χ2n) is 3.25. The lowest BCUT2D eigenvalue weighted by Crippen LogP contribution is -2.29. The monoisotopic (exact) mass is 195 g/mol. The van der Waals surface area contributed by atoms with Crippen LogP contribution in [0.5, 0.6) is 0 Å². The molecule has 3 N–H and O–H groups in total. The van der Waals surface area contributed by atoms with Gasteiger partial charge in [-0.3, -0.25) is 0 Å². The highest BCUT2D eigenvalue weighted by atomic mass is 16.5. The summed E-state index contributed by atoms with van der Waals surface area (Å²) in [6, 6.07) is 10.1. The van der Waals surface area contributed by atoms with Gasteiger partial charge in [-0.05, 0) is 12.0 Å². The summed E-state index contributed by atoms with van der Waals surface area (Å²) in [6.07, 6.45) is 0.812. The van der Waals surface area contributed by atoms with Crippen LogP contribution < -0.4 is 5.73 Å². The van der Waals surface area contributed by atoms with Gasteiger partial charge in [0, 0.05) is 6.04 Å². The zero-order valence-electron chi connectivity index (χ0n) is 8.23. The Morgan fingerprint density at radius 3 is 2.64 bits per heavy atom. The Hall–Kier alpha value is -0.900. The van der Waals surface area contributed by atoms with E-state index in [2.05, 4.69) is 0 Å². The number of ether oxygens (including phenoxy) is 1. The molecule has 0 aliphatic rings. The third-order valence-electron chi connectivity index (χ3n) is 1.91. The quantitative estimate of drug-likeness (QED) is 0.652. The molecule has 0 saturated carbocycles. The van der Waals surface area contributed by atoms with E-state index in [9.17, 15) is 0 Å². The molecule has 0 fully saturated rings. The maximum absolute atomic E-state index is 8.50. The van der Waals surface area contributed by atoms with Crippen molar-refractivity contribution < 1.29 is 9.84 Å². The molecule has 0 heterocycles. The van der Waals surface area contributed by atoms with Gasteiger partial charge in [-0.15, -0.1) is 0 Å². The van der Waals surface area contributed by atoms with Gasteiger partial charge in [0.25, 0.3) is 0 Å². The lowest BCUT2D eigenvalue weighted by Gasteiger charge is -2.11. The van der Waals surface area contributed by atoms with Crippen molar-refractivity contribution in [3.05, 3.63) is 35.9 Å². The third-order valence-corrected chi connectivity index (χ3v) is 1.91. The zero-order valence-corrected chi connectivity index (χ0v) is 8.23. The number of rotatable bonds is 6. The van der Waals surface area contributed by atoms with Crippen LogP contribution in [0, 0.1) is 0 Å². The highest BCUT2D eigenvalue weighted by Gasteiger charge is 2.03. The van der Waals surface area contributed by atoms with E-state index in [1.165, 1.54) is 5.56 Å². The molecule has 1 aromatic carbocycles. The van der Waals surface area contributed by atoms with Crippen LogP contribution in [0.1, 0.15) is 5.56 Å². The topological polar surface area (TPSA) is 55.5 Å². The van der Waals surface area contributed by atoms with Crippen LogP contribution in [-0.4, -0.2) is 31.0 Å². The molecule has 0 aromatic heterocycles. The maximum atomic E-state index is 8.50. The zero-order chi connectivity index (χ0) is 10.2. The first-order valence-corrected chi connectivity index (χ1v) is 4.81. The van der Waals surface area contributed by atoms with Crippen molar-refractivity contribution >= 4 is 0 Å². The Bertz CT molecular complexity index is 238. The second-order valence-corrected chi connectivity index (χ2v) is 3.25. The van der Waals surface area contributed by atoms with Crippen molar-refractivity contribution in [2.24, 2.45) is 5.73 Å². The summed E-state index contributed by atoms with van der Waals surface area (Å²) in [7, 11) is 0. The van der Waals surface area contributed by atoms with Crippen LogP contribution in [0.4, 0.5) is 0 Å². The predicted octanol–water partition coefficient (Wildman–Crippen LogP) is 0.565. The van der Waals surface area contributed by atoms with Crippen LogP contribution in [0.2, 0.25) is 0 Å². The van der Waals surface area contributed by atoms with Crippen LogP contribution in [-0.2, 0) is 11.2 Å². The Balaban J connectivity index is 2.23. The normalized spacial score (nSPS) is 12.7. The molecule has 0 unspecified atom stereocenters. The average molecular weight is 195 g/mol. The van der Waals surface area contributed by atoms with Crippen LogP contribution in [0.3, 0.4) is 0 Å². The standard InChI is InChI=1S/C11H17NO2/c12-11(9-14-7-6-13)8-10-4-2-1-3-5-10/h1-5,11,13H,6-9,12H2/t11-/m1/s1. The van der Waals surface area contributed by atoms with E-state index in [1.54, 1.807) is 0 Å². The van der Waals surface area contributed by atoms with E-state index in [0.717, 1.165) is 6.42 Å². The van der Waals surface area contributed by atoms with E-state index < -0.39 is 0 Å². The van der Waals surface area contributed by atoms with E-state index in [0.29, 0.717) is 13.2 Å². The number of aliphatic hydroxyl groups excluding tert-OH is 1. The van der Waals surface area contributed by atoms with Crippen molar-refractivity contribution in [2.45, 2.75) is 12.5 Å². The molecule has 0 aliphatic heterocycles. The summed E-state index contributed by atoms with van der Waals surface area (Å²) in [4.78, 5) is 0. The molecule has 1 atom stereocenters. The van der Waals surface area contributed by atoms with Gasteiger partial charge in [-0.2, -0.15) is 0 Å². The van der Waals surface area contributed by atoms with Gasteiger partial charge < -0.3 is 15.6 Å². The maximum Gasteiger partial charge on any atom is 0.0698 e. The summed E-state index contributed by atoms with van der Waals surface area (Å²) >= 11 is 0. The number of nitrogens with two attached hydrogens (primary N) is 1. The minimum atomic E-state index is 0.00366. The van der Waals surface area contributed by atoms with E-state index >= 15 is 0 Å². The average Bonchev–Trinajstić information content (AvgIpc) is 2.20. The summed E-state index contributed by atoms with van der Waals surface area (Å²) in [5.41, 5.74) is 7.06. The van der Waals surface area contributed by atoms with Crippen molar-refractivity contribution in [1.82, 2.24) is 0 Å². The first kappa shape index (κ1) is 11.2. The second kappa shape index (κ2) is 6.54. The van der Waals surface area contributed by atoms with Gasteiger partial charge in [0.15, 0.2) is 0 Å². The Morgan fingerprint density at radius 2 is 2.00 bits per heavy atom. The number of aliphatic hydroxyl groups is 1. The van der Waals surface area contributed by atoms with Gasteiger partial charge in [0.05, 0.1) is 19.8 Å². The molecule has 1 rings (SSSR count). The summed E-state index contributed by atoms with van der Waals surface area (Å²) in [6.45, 7) is 0.913.